The Kier molecular flexibility index (Phi) is 5.54. The second-order valence-corrected chi connectivity index (χ2v) is 9.72. The summed E-state index contributed by atoms with van der Waals surface area (Å²) in [6, 6.07) is 4.22. The Morgan fingerprint density at radius 1 is 1.18 bits per heavy atom. The van der Waals surface area contributed by atoms with Gasteiger partial charge in [0, 0.05) is 22.9 Å². The first kappa shape index (κ1) is 24.7. The van der Waals surface area contributed by atoms with E-state index in [1.807, 2.05) is 0 Å². The lowest BCUT2D eigenvalue weighted by atomic mass is 9.92. The van der Waals surface area contributed by atoms with Crippen LogP contribution >= 0.6 is 11.3 Å². The van der Waals surface area contributed by atoms with Crippen LogP contribution in [-0.4, -0.2) is 38.6 Å². The van der Waals surface area contributed by atoms with Gasteiger partial charge in [0.1, 0.15) is 28.2 Å². The maximum Gasteiger partial charge on any atom is 0.417 e. The predicted octanol–water partition coefficient (Wildman–Crippen LogP) is 4.88. The van der Waals surface area contributed by atoms with Crippen LogP contribution in [0.3, 0.4) is 0 Å². The van der Waals surface area contributed by atoms with Gasteiger partial charge in [-0.2, -0.15) is 28.4 Å². The third-order valence-electron chi connectivity index (χ3n) is 6.51. The summed E-state index contributed by atoms with van der Waals surface area (Å²) in [5.41, 5.74) is 3.31. The highest BCUT2D eigenvalue weighted by Gasteiger charge is 2.38. The first-order chi connectivity index (χ1) is 18.6. The van der Waals surface area contributed by atoms with Crippen LogP contribution in [0, 0.1) is 23.0 Å². The molecule has 0 radical (unpaired) electrons. The van der Waals surface area contributed by atoms with Gasteiger partial charge in [-0.25, -0.2) is 13.5 Å². The minimum atomic E-state index is -5.04. The first-order valence-corrected chi connectivity index (χ1v) is 12.1. The fourth-order valence-electron chi connectivity index (χ4n) is 4.78. The molecule has 9 nitrogen and oxygen atoms in total. The smallest absolute Gasteiger partial charge is 0.417 e. The zero-order valence-corrected chi connectivity index (χ0v) is 20.7. The van der Waals surface area contributed by atoms with Gasteiger partial charge in [-0.15, -0.1) is 16.4 Å². The van der Waals surface area contributed by atoms with Crippen molar-refractivity contribution < 1.29 is 26.7 Å². The Morgan fingerprint density at radius 2 is 1.97 bits per heavy atom. The standard InChI is InChI=1S/C24H15F5N8OS/c1-38-23-33-19-12(22(34-23)36-4-5-37-10(9-36)8-32-35-37)6-14(24(27,28)29)17(18(19)26)11-2-3-15(25)20-16(11)13(7-30)21(31)39-20/h2-3,6,8H,4-5,9,31H2,1H3. The molecule has 0 saturated heterocycles. The molecule has 2 N–H and O–H groups in total. The van der Waals surface area contributed by atoms with E-state index in [0.29, 0.717) is 30.1 Å². The van der Waals surface area contributed by atoms with E-state index in [4.69, 9.17) is 10.5 Å². The average Bonchev–Trinajstić information content (AvgIpc) is 3.52. The van der Waals surface area contributed by atoms with Crippen molar-refractivity contribution >= 4 is 43.1 Å². The minimum Gasteiger partial charge on any atom is -0.467 e. The Bertz CT molecular complexity index is 1840. The molecule has 0 fully saturated rings. The Morgan fingerprint density at radius 3 is 2.69 bits per heavy atom. The van der Waals surface area contributed by atoms with E-state index in [1.165, 1.54) is 13.3 Å². The lowest BCUT2D eigenvalue weighted by molar-refractivity contribution is -0.137. The van der Waals surface area contributed by atoms with E-state index in [1.54, 1.807) is 15.7 Å². The summed E-state index contributed by atoms with van der Waals surface area (Å²) in [5.74, 6) is -2.10. The van der Waals surface area contributed by atoms with Gasteiger partial charge in [0.15, 0.2) is 5.82 Å². The summed E-state index contributed by atoms with van der Waals surface area (Å²) in [6.07, 6.45) is -3.52. The fraction of sp³-hybridized carbons (Fsp3) is 0.208. The van der Waals surface area contributed by atoms with Crippen LogP contribution in [0.2, 0.25) is 0 Å². The number of nitrogens with two attached hydrogens (primary N) is 1. The molecule has 198 valence electrons. The topological polar surface area (TPSA) is 119 Å². The molecule has 0 bridgehead atoms. The maximum atomic E-state index is 16.4. The SMILES string of the molecule is COc1nc(N2CCn3nncc3C2)c2cc(C(F)(F)F)c(-c3ccc(F)c4sc(N)c(C#N)c34)c(F)c2n1. The number of benzene rings is 2. The zero-order valence-electron chi connectivity index (χ0n) is 19.8. The number of nitrogen functional groups attached to an aromatic ring is 1. The normalized spacial score (nSPS) is 13.6. The highest BCUT2D eigenvalue weighted by molar-refractivity contribution is 7.23. The first-order valence-electron chi connectivity index (χ1n) is 11.3. The Hall–Kier alpha value is -4.58. The molecule has 0 spiro atoms. The van der Waals surface area contributed by atoms with E-state index in [0.717, 1.165) is 18.2 Å². The molecule has 1 aliphatic heterocycles. The molecular formula is C24H15F5N8OS. The monoisotopic (exact) mass is 558 g/mol. The molecule has 15 heteroatoms. The van der Waals surface area contributed by atoms with Gasteiger partial charge in [-0.3, -0.25) is 0 Å². The zero-order chi connectivity index (χ0) is 27.6. The fourth-order valence-corrected chi connectivity index (χ4v) is 5.73. The number of halogens is 5. The number of thiophene rings is 1. The number of rotatable bonds is 3. The van der Waals surface area contributed by atoms with Gasteiger partial charge in [-0.1, -0.05) is 11.3 Å². The average molecular weight is 558 g/mol. The van der Waals surface area contributed by atoms with E-state index >= 15 is 4.39 Å². The lowest BCUT2D eigenvalue weighted by Gasteiger charge is -2.29. The summed E-state index contributed by atoms with van der Waals surface area (Å²) >= 11 is 0.696. The van der Waals surface area contributed by atoms with Crippen molar-refractivity contribution in [3.8, 4) is 23.2 Å². The number of nitriles is 1. The molecular weight excluding hydrogens is 543 g/mol. The third kappa shape index (κ3) is 3.78. The summed E-state index contributed by atoms with van der Waals surface area (Å²) in [7, 11) is 1.25. The molecule has 5 aromatic rings. The quantitative estimate of drug-likeness (QED) is 0.311. The second kappa shape index (κ2) is 8.73. The second-order valence-electron chi connectivity index (χ2n) is 8.66. The number of methoxy groups -OCH3 is 1. The van der Waals surface area contributed by atoms with Crippen LogP contribution in [-0.2, 0) is 19.3 Å². The largest absolute Gasteiger partial charge is 0.467 e. The summed E-state index contributed by atoms with van der Waals surface area (Å²) < 4.78 is 81.3. The van der Waals surface area contributed by atoms with Crippen molar-refractivity contribution in [1.29, 1.82) is 5.26 Å². The molecule has 39 heavy (non-hydrogen) atoms. The van der Waals surface area contributed by atoms with Gasteiger partial charge in [0.2, 0.25) is 0 Å². The Labute approximate surface area is 219 Å². The summed E-state index contributed by atoms with van der Waals surface area (Å²) in [4.78, 5) is 9.97. The van der Waals surface area contributed by atoms with Crippen molar-refractivity contribution in [2.75, 3.05) is 24.3 Å². The highest BCUT2D eigenvalue weighted by atomic mass is 32.1. The van der Waals surface area contributed by atoms with Gasteiger partial charge in [0.05, 0.1) is 47.9 Å². The number of ether oxygens (including phenoxy) is 1. The van der Waals surface area contributed by atoms with Crippen LogP contribution in [0.25, 0.3) is 32.1 Å². The van der Waals surface area contributed by atoms with Crippen molar-refractivity contribution in [2.24, 2.45) is 0 Å². The highest BCUT2D eigenvalue weighted by Crippen LogP contribution is 2.48. The van der Waals surface area contributed by atoms with E-state index < -0.39 is 34.5 Å². The molecule has 0 unspecified atom stereocenters. The van der Waals surface area contributed by atoms with Crippen molar-refractivity contribution in [2.45, 2.75) is 19.3 Å². The van der Waals surface area contributed by atoms with E-state index in [9.17, 15) is 22.8 Å². The van der Waals surface area contributed by atoms with Crippen molar-refractivity contribution in [3.05, 3.63) is 52.9 Å². The lowest BCUT2D eigenvalue weighted by Crippen LogP contribution is -2.34. The number of fused-ring (bicyclic) bond motifs is 3. The van der Waals surface area contributed by atoms with Crippen LogP contribution in [0.1, 0.15) is 16.8 Å². The number of nitrogens with zero attached hydrogens (tertiary/aromatic N) is 7. The van der Waals surface area contributed by atoms with Crippen LogP contribution in [0.4, 0.5) is 32.8 Å². The number of hydrogen-bond acceptors (Lipinski definition) is 9. The minimum absolute atomic E-state index is 0.0296. The molecule has 4 heterocycles. The molecule has 2 aromatic carbocycles. The van der Waals surface area contributed by atoms with Gasteiger partial charge in [-0.05, 0) is 17.7 Å². The van der Waals surface area contributed by atoms with Gasteiger partial charge < -0.3 is 15.4 Å². The van der Waals surface area contributed by atoms with E-state index in [2.05, 4.69) is 20.3 Å². The van der Waals surface area contributed by atoms with Crippen LogP contribution in [0.5, 0.6) is 6.01 Å². The number of aromatic nitrogens is 5. The van der Waals surface area contributed by atoms with E-state index in [-0.39, 0.29) is 50.0 Å². The third-order valence-corrected chi connectivity index (χ3v) is 7.54. The predicted molar refractivity (Wildman–Crippen MR) is 132 cm³/mol. The summed E-state index contributed by atoms with van der Waals surface area (Å²) in [6.45, 7) is 0.875. The molecule has 0 saturated carbocycles. The van der Waals surface area contributed by atoms with Crippen molar-refractivity contribution in [1.82, 2.24) is 25.0 Å². The summed E-state index contributed by atoms with van der Waals surface area (Å²) in [5, 5.41) is 16.9. The molecule has 0 amide bonds. The number of alkyl halides is 3. The molecule has 0 atom stereocenters. The molecule has 1 aliphatic rings. The van der Waals surface area contributed by atoms with Gasteiger partial charge >= 0.3 is 12.2 Å². The number of hydrogen-bond donors (Lipinski definition) is 1. The van der Waals surface area contributed by atoms with Crippen LogP contribution < -0.4 is 15.4 Å². The maximum absolute atomic E-state index is 16.4. The molecule has 0 aliphatic carbocycles. The van der Waals surface area contributed by atoms with Crippen LogP contribution in [0.15, 0.2) is 24.4 Å². The molecule has 3 aromatic heterocycles. The number of anilines is 2. The molecule has 6 rings (SSSR count). The Balaban J connectivity index is 1.69. The van der Waals surface area contributed by atoms with Crippen molar-refractivity contribution in [3.63, 3.8) is 0 Å². The van der Waals surface area contributed by atoms with Gasteiger partial charge in [0.25, 0.3) is 0 Å².